The van der Waals surface area contributed by atoms with E-state index in [1.807, 2.05) is 18.2 Å². The fraction of sp³-hybridized carbons (Fsp3) is 0.500. The van der Waals surface area contributed by atoms with Crippen LogP contribution in [0.2, 0.25) is 25.7 Å². The van der Waals surface area contributed by atoms with Crippen molar-refractivity contribution >= 4 is 14.2 Å². The smallest absolute Gasteiger partial charge is 0.413 e. The van der Waals surface area contributed by atoms with E-state index in [-0.39, 0.29) is 6.73 Å². The highest BCUT2D eigenvalue weighted by atomic mass is 28.3. The van der Waals surface area contributed by atoms with Crippen molar-refractivity contribution in [2.24, 2.45) is 0 Å². The van der Waals surface area contributed by atoms with Crippen LogP contribution >= 0.6 is 0 Å². The number of benzene rings is 1. The van der Waals surface area contributed by atoms with Crippen LogP contribution in [-0.2, 0) is 20.6 Å². The van der Waals surface area contributed by atoms with Gasteiger partial charge in [-0.05, 0) is 24.1 Å². The number of carbonyl (C=O) groups excluding carboxylic acids is 1. The molecule has 0 saturated carbocycles. The summed E-state index contributed by atoms with van der Waals surface area (Å²) in [7, 11) is 0.505. The molecule has 1 unspecified atom stereocenters. The molecule has 3 rings (SSSR count). The minimum absolute atomic E-state index is 0.194. The first-order chi connectivity index (χ1) is 13.3. The van der Waals surface area contributed by atoms with E-state index in [4.69, 9.17) is 18.6 Å². The fourth-order valence-corrected chi connectivity index (χ4v) is 3.69. The molecule has 0 bridgehead atoms. The van der Waals surface area contributed by atoms with E-state index < -0.39 is 20.5 Å². The van der Waals surface area contributed by atoms with Crippen molar-refractivity contribution in [2.45, 2.75) is 38.4 Å². The molecule has 1 aromatic carbocycles. The van der Waals surface area contributed by atoms with E-state index in [1.165, 1.54) is 4.90 Å². The number of amides is 1. The van der Waals surface area contributed by atoms with E-state index in [9.17, 15) is 4.79 Å². The monoisotopic (exact) mass is 404 g/mol. The van der Waals surface area contributed by atoms with Gasteiger partial charge in [0.05, 0.1) is 12.8 Å². The van der Waals surface area contributed by atoms with Gasteiger partial charge in [-0.2, -0.15) is 0 Å². The van der Waals surface area contributed by atoms with Gasteiger partial charge in [0.15, 0.2) is 0 Å². The van der Waals surface area contributed by atoms with Gasteiger partial charge in [0, 0.05) is 32.9 Å². The lowest BCUT2D eigenvalue weighted by Gasteiger charge is -2.28. The average molecular weight is 405 g/mol. The number of hydrogen-bond donors (Lipinski definition) is 0. The predicted molar refractivity (Wildman–Crippen MR) is 108 cm³/mol. The molecule has 1 atom stereocenters. The van der Waals surface area contributed by atoms with Crippen LogP contribution in [0.15, 0.2) is 35.1 Å². The van der Waals surface area contributed by atoms with Gasteiger partial charge in [0.1, 0.15) is 13.0 Å². The van der Waals surface area contributed by atoms with Crippen LogP contribution in [0.5, 0.6) is 0 Å². The fourth-order valence-electron chi connectivity index (χ4n) is 2.93. The molecule has 0 spiro atoms. The number of nitrogens with zero attached hydrogens (tertiary/aromatic N) is 2. The Morgan fingerprint density at radius 1 is 1.36 bits per heavy atom. The number of rotatable bonds is 7. The van der Waals surface area contributed by atoms with E-state index in [1.54, 1.807) is 19.5 Å². The highest BCUT2D eigenvalue weighted by molar-refractivity contribution is 6.76. The van der Waals surface area contributed by atoms with E-state index >= 15 is 0 Å². The normalized spacial score (nSPS) is 16.5. The maximum Gasteiger partial charge on any atom is 0.413 e. The van der Waals surface area contributed by atoms with Gasteiger partial charge in [-0.3, -0.25) is 4.90 Å². The maximum absolute atomic E-state index is 12.4. The second-order valence-electron chi connectivity index (χ2n) is 8.09. The zero-order valence-corrected chi connectivity index (χ0v) is 17.9. The molecule has 1 aliphatic heterocycles. The lowest BCUT2D eigenvalue weighted by Crippen LogP contribution is -2.33. The molecule has 0 N–H and O–H groups in total. The van der Waals surface area contributed by atoms with Crippen molar-refractivity contribution in [1.82, 2.24) is 9.88 Å². The lowest BCUT2D eigenvalue weighted by molar-refractivity contribution is -0.125. The highest BCUT2D eigenvalue weighted by Crippen LogP contribution is 2.34. The zero-order valence-electron chi connectivity index (χ0n) is 16.9. The molecular formula is C20H28N2O5Si. The van der Waals surface area contributed by atoms with Gasteiger partial charge in [-0.15, -0.1) is 0 Å². The summed E-state index contributed by atoms with van der Waals surface area (Å²) < 4.78 is 22.4. The van der Waals surface area contributed by atoms with Gasteiger partial charge >= 0.3 is 6.09 Å². The molecule has 1 amide bonds. The largest absolute Gasteiger partial charge is 0.445 e. The third kappa shape index (κ3) is 5.21. The Morgan fingerprint density at radius 2 is 2.18 bits per heavy atom. The number of ether oxygens (including phenoxy) is 3. The molecule has 0 saturated heterocycles. The van der Waals surface area contributed by atoms with Crippen molar-refractivity contribution in [2.75, 3.05) is 27.0 Å². The molecule has 0 fully saturated rings. The van der Waals surface area contributed by atoms with Crippen LogP contribution < -0.4 is 0 Å². The minimum Gasteiger partial charge on any atom is -0.445 e. The second kappa shape index (κ2) is 8.89. The van der Waals surface area contributed by atoms with Crippen LogP contribution in [-0.4, -0.2) is 51.0 Å². The van der Waals surface area contributed by atoms with Crippen LogP contribution in [0.3, 0.4) is 0 Å². The zero-order chi connectivity index (χ0) is 20.1. The quantitative estimate of drug-likeness (QED) is 0.389. The molecule has 8 heteroatoms. The lowest BCUT2D eigenvalue weighted by atomic mass is 9.96. The van der Waals surface area contributed by atoms with Crippen LogP contribution in [0.4, 0.5) is 4.79 Å². The summed E-state index contributed by atoms with van der Waals surface area (Å²) >= 11 is 0. The van der Waals surface area contributed by atoms with Crippen LogP contribution in [0, 0.1) is 0 Å². The number of aromatic nitrogens is 1. The van der Waals surface area contributed by atoms with Crippen molar-refractivity contribution in [3.63, 3.8) is 0 Å². The first-order valence-corrected chi connectivity index (χ1v) is 13.2. The Morgan fingerprint density at radius 3 is 2.89 bits per heavy atom. The van der Waals surface area contributed by atoms with Crippen molar-refractivity contribution in [1.29, 1.82) is 0 Å². The Kier molecular flexibility index (Phi) is 6.53. The summed E-state index contributed by atoms with van der Waals surface area (Å²) in [6.45, 7) is 8.17. The summed E-state index contributed by atoms with van der Waals surface area (Å²) in [5, 5.41) is 0. The Labute approximate surface area is 166 Å². The summed E-state index contributed by atoms with van der Waals surface area (Å²) in [6, 6.07) is 6.80. The molecular weight excluding hydrogens is 376 g/mol. The number of oxazole rings is 1. The molecule has 2 heterocycles. The second-order valence-corrected chi connectivity index (χ2v) is 13.7. The number of carbonyl (C=O) groups is 1. The molecule has 152 valence electrons. The standard InChI is InChI=1S/C20H28N2O5Si/c1-22(14-24-12-13-28(2,3)4)20(23)27-19-17-7-5-6-16(15(17)8-10-26-19)18-21-9-11-25-18/h5-7,9,11,19H,8,10,12-14H2,1-4H3. The van der Waals surface area contributed by atoms with E-state index in [0.717, 1.165) is 22.7 Å². The molecule has 7 nitrogen and oxygen atoms in total. The average Bonchev–Trinajstić information content (AvgIpc) is 3.18. The summed E-state index contributed by atoms with van der Waals surface area (Å²) in [5.41, 5.74) is 2.75. The molecule has 2 aromatic rings. The third-order valence-electron chi connectivity index (χ3n) is 4.55. The van der Waals surface area contributed by atoms with Crippen LogP contribution in [0.1, 0.15) is 17.4 Å². The number of fused-ring (bicyclic) bond motifs is 1. The third-order valence-corrected chi connectivity index (χ3v) is 6.26. The first kappa shape index (κ1) is 20.6. The predicted octanol–water partition coefficient (Wildman–Crippen LogP) is 4.29. The van der Waals surface area contributed by atoms with Crippen LogP contribution in [0.25, 0.3) is 11.5 Å². The van der Waals surface area contributed by atoms with Gasteiger partial charge in [-0.25, -0.2) is 9.78 Å². The molecule has 1 aliphatic rings. The van der Waals surface area contributed by atoms with Gasteiger partial charge in [0.2, 0.25) is 12.2 Å². The summed E-state index contributed by atoms with van der Waals surface area (Å²) in [5.74, 6) is 0.553. The molecule has 0 radical (unpaired) electrons. The molecule has 0 aliphatic carbocycles. The van der Waals surface area contributed by atoms with Crippen molar-refractivity contribution in [3.8, 4) is 11.5 Å². The van der Waals surface area contributed by atoms with Gasteiger partial charge < -0.3 is 18.6 Å². The Hall–Kier alpha value is -2.16. The Balaban J connectivity index is 1.62. The van der Waals surface area contributed by atoms with Crippen molar-refractivity contribution in [3.05, 3.63) is 41.8 Å². The number of hydrogen-bond acceptors (Lipinski definition) is 6. The minimum atomic E-state index is -1.15. The molecule has 1 aromatic heterocycles. The highest BCUT2D eigenvalue weighted by Gasteiger charge is 2.28. The molecule has 28 heavy (non-hydrogen) atoms. The summed E-state index contributed by atoms with van der Waals surface area (Å²) in [4.78, 5) is 18.1. The van der Waals surface area contributed by atoms with Gasteiger partial charge in [0.25, 0.3) is 0 Å². The Bertz CT molecular complexity index is 788. The summed E-state index contributed by atoms with van der Waals surface area (Å²) in [6.07, 6.45) is 2.63. The topological polar surface area (TPSA) is 74.0 Å². The van der Waals surface area contributed by atoms with E-state index in [0.29, 0.717) is 25.5 Å². The van der Waals surface area contributed by atoms with Gasteiger partial charge in [-0.1, -0.05) is 31.8 Å². The maximum atomic E-state index is 12.4. The van der Waals surface area contributed by atoms with Crippen molar-refractivity contribution < 1.29 is 23.4 Å². The first-order valence-electron chi connectivity index (χ1n) is 9.48. The van der Waals surface area contributed by atoms with E-state index in [2.05, 4.69) is 24.6 Å². The SMILES string of the molecule is CN(COCC[Si](C)(C)C)C(=O)OC1OCCc2c(-c3ncco3)cccc21.